The molecule has 21 heavy (non-hydrogen) atoms. The highest BCUT2D eigenvalue weighted by atomic mass is 35.5. The van der Waals surface area contributed by atoms with Crippen molar-refractivity contribution in [1.29, 1.82) is 0 Å². The van der Waals surface area contributed by atoms with Crippen molar-refractivity contribution in [2.45, 2.75) is 4.21 Å². The Hall–Kier alpha value is -1.59. The standard InChI is InChI=1S/C13H10ClFN2O2S2/c14-12-5-6-13(20-12)21(18,19)17-11-4-3-9(2-1-7-16)8-10(11)15/h3-6,8,17H,7,16H2. The van der Waals surface area contributed by atoms with Crippen LogP contribution in [0.3, 0.4) is 0 Å². The fourth-order valence-corrected chi connectivity index (χ4v) is 4.02. The number of thiophene rings is 1. The molecule has 0 atom stereocenters. The lowest BCUT2D eigenvalue weighted by Gasteiger charge is -2.07. The first-order valence-electron chi connectivity index (χ1n) is 5.69. The molecule has 1 aromatic heterocycles. The van der Waals surface area contributed by atoms with Crippen LogP contribution in [0.1, 0.15) is 5.56 Å². The van der Waals surface area contributed by atoms with E-state index in [4.69, 9.17) is 17.3 Å². The van der Waals surface area contributed by atoms with Gasteiger partial charge in [-0.3, -0.25) is 4.72 Å². The zero-order valence-corrected chi connectivity index (χ0v) is 12.9. The number of halogens is 2. The summed E-state index contributed by atoms with van der Waals surface area (Å²) in [5.41, 5.74) is 5.49. The maximum Gasteiger partial charge on any atom is 0.271 e. The fourth-order valence-electron chi connectivity index (χ4n) is 1.47. The summed E-state index contributed by atoms with van der Waals surface area (Å²) in [6.07, 6.45) is 0. The van der Waals surface area contributed by atoms with Crippen LogP contribution in [0.15, 0.2) is 34.5 Å². The molecule has 110 valence electrons. The lowest BCUT2D eigenvalue weighted by Crippen LogP contribution is -2.12. The van der Waals surface area contributed by atoms with E-state index >= 15 is 0 Å². The number of nitrogens with one attached hydrogen (secondary N) is 1. The molecule has 4 nitrogen and oxygen atoms in total. The van der Waals surface area contributed by atoms with Gasteiger partial charge in [0.25, 0.3) is 10.0 Å². The Kier molecular flexibility index (Phi) is 4.85. The molecule has 0 amide bonds. The molecular weight excluding hydrogens is 335 g/mol. The molecule has 0 aliphatic heterocycles. The normalized spacial score (nSPS) is 10.8. The summed E-state index contributed by atoms with van der Waals surface area (Å²) in [6.45, 7) is 0.162. The summed E-state index contributed by atoms with van der Waals surface area (Å²) in [7, 11) is -3.86. The van der Waals surface area contributed by atoms with Crippen molar-refractivity contribution in [1.82, 2.24) is 0 Å². The molecule has 0 fully saturated rings. The van der Waals surface area contributed by atoms with E-state index in [0.29, 0.717) is 9.90 Å². The van der Waals surface area contributed by atoms with E-state index < -0.39 is 15.8 Å². The third-order valence-corrected chi connectivity index (χ3v) is 5.45. The second kappa shape index (κ2) is 6.45. The van der Waals surface area contributed by atoms with E-state index in [0.717, 1.165) is 17.4 Å². The van der Waals surface area contributed by atoms with Crippen LogP contribution in [-0.4, -0.2) is 15.0 Å². The first-order valence-corrected chi connectivity index (χ1v) is 8.37. The van der Waals surface area contributed by atoms with E-state index in [2.05, 4.69) is 16.6 Å². The minimum absolute atomic E-state index is 0.0129. The number of anilines is 1. The molecule has 1 aromatic carbocycles. The zero-order chi connectivity index (χ0) is 15.5. The molecule has 2 aromatic rings. The molecule has 3 N–H and O–H groups in total. The van der Waals surface area contributed by atoms with E-state index in [1.807, 2.05) is 0 Å². The zero-order valence-electron chi connectivity index (χ0n) is 10.6. The van der Waals surface area contributed by atoms with Crippen LogP contribution in [0.5, 0.6) is 0 Å². The maximum atomic E-state index is 13.9. The summed E-state index contributed by atoms with van der Waals surface area (Å²) in [6, 6.07) is 6.77. The number of hydrogen-bond donors (Lipinski definition) is 2. The third kappa shape index (κ3) is 3.95. The van der Waals surface area contributed by atoms with Gasteiger partial charge in [-0.1, -0.05) is 23.4 Å². The van der Waals surface area contributed by atoms with Gasteiger partial charge in [-0.15, -0.1) is 11.3 Å². The largest absolute Gasteiger partial charge is 0.320 e. The van der Waals surface area contributed by atoms with Gasteiger partial charge in [0.2, 0.25) is 0 Å². The van der Waals surface area contributed by atoms with Crippen molar-refractivity contribution in [2.24, 2.45) is 5.73 Å². The van der Waals surface area contributed by atoms with Gasteiger partial charge >= 0.3 is 0 Å². The van der Waals surface area contributed by atoms with Gasteiger partial charge in [-0.2, -0.15) is 0 Å². The highest BCUT2D eigenvalue weighted by Crippen LogP contribution is 2.28. The van der Waals surface area contributed by atoms with Crippen molar-refractivity contribution in [3.63, 3.8) is 0 Å². The van der Waals surface area contributed by atoms with Crippen molar-refractivity contribution in [2.75, 3.05) is 11.3 Å². The van der Waals surface area contributed by atoms with E-state index in [1.54, 1.807) is 0 Å². The lowest BCUT2D eigenvalue weighted by atomic mass is 10.2. The summed E-state index contributed by atoms with van der Waals surface area (Å²) >= 11 is 6.59. The molecule has 0 saturated carbocycles. The average Bonchev–Trinajstić information content (AvgIpc) is 2.86. The first kappa shape index (κ1) is 15.8. The van der Waals surface area contributed by atoms with Crippen molar-refractivity contribution >= 4 is 38.6 Å². The predicted molar refractivity (Wildman–Crippen MR) is 82.5 cm³/mol. The van der Waals surface area contributed by atoms with Crippen LogP contribution in [0.2, 0.25) is 4.34 Å². The molecule has 8 heteroatoms. The Bertz CT molecular complexity index is 822. The van der Waals surface area contributed by atoms with Crippen LogP contribution in [0, 0.1) is 17.7 Å². The number of rotatable bonds is 3. The number of hydrogen-bond acceptors (Lipinski definition) is 4. The Labute approximate surface area is 130 Å². The third-order valence-electron chi connectivity index (χ3n) is 2.36. The molecule has 0 saturated heterocycles. The number of sulfonamides is 1. The first-order chi connectivity index (χ1) is 9.92. The molecule has 0 unspecified atom stereocenters. The minimum atomic E-state index is -3.86. The van der Waals surface area contributed by atoms with Crippen LogP contribution in [0.25, 0.3) is 0 Å². The second-order valence-corrected chi connectivity index (χ2v) is 7.49. The van der Waals surface area contributed by atoms with Crippen molar-refractivity contribution < 1.29 is 12.8 Å². The van der Waals surface area contributed by atoms with Gasteiger partial charge in [0.05, 0.1) is 16.6 Å². The smallest absolute Gasteiger partial charge is 0.271 e. The highest BCUT2D eigenvalue weighted by Gasteiger charge is 2.18. The molecule has 0 spiro atoms. The van der Waals surface area contributed by atoms with Crippen molar-refractivity contribution in [3.05, 3.63) is 46.0 Å². The quantitative estimate of drug-likeness (QED) is 0.841. The van der Waals surface area contributed by atoms with E-state index in [-0.39, 0.29) is 16.4 Å². The Morgan fingerprint density at radius 3 is 2.67 bits per heavy atom. The molecule has 0 radical (unpaired) electrons. The molecule has 2 rings (SSSR count). The summed E-state index contributed by atoms with van der Waals surface area (Å²) < 4.78 is 40.5. The minimum Gasteiger partial charge on any atom is -0.320 e. The molecular formula is C13H10ClFN2O2S2. The maximum absolute atomic E-state index is 13.9. The highest BCUT2D eigenvalue weighted by molar-refractivity contribution is 7.94. The van der Waals surface area contributed by atoms with Gasteiger partial charge < -0.3 is 5.73 Å². The van der Waals surface area contributed by atoms with Crippen LogP contribution >= 0.6 is 22.9 Å². The van der Waals surface area contributed by atoms with Crippen LogP contribution in [-0.2, 0) is 10.0 Å². The van der Waals surface area contributed by atoms with E-state index in [1.165, 1.54) is 24.3 Å². The molecule has 1 heterocycles. The molecule has 0 aliphatic carbocycles. The van der Waals surface area contributed by atoms with Crippen LogP contribution in [0.4, 0.5) is 10.1 Å². The Balaban J connectivity index is 2.27. The fraction of sp³-hybridized carbons (Fsp3) is 0.0769. The Morgan fingerprint density at radius 2 is 2.10 bits per heavy atom. The summed E-state index contributed by atoms with van der Waals surface area (Å²) in [4.78, 5) is 0. The van der Waals surface area contributed by atoms with Crippen LogP contribution < -0.4 is 10.5 Å². The predicted octanol–water partition coefficient (Wildman–Crippen LogP) is 2.65. The lowest BCUT2D eigenvalue weighted by molar-refractivity contribution is 0.600. The number of benzene rings is 1. The monoisotopic (exact) mass is 344 g/mol. The summed E-state index contributed by atoms with van der Waals surface area (Å²) in [5, 5.41) is 0. The molecule has 0 aliphatic rings. The summed E-state index contributed by atoms with van der Waals surface area (Å²) in [5.74, 6) is 4.53. The topological polar surface area (TPSA) is 72.2 Å². The van der Waals surface area contributed by atoms with E-state index in [9.17, 15) is 12.8 Å². The van der Waals surface area contributed by atoms with Gasteiger partial charge in [-0.25, -0.2) is 12.8 Å². The van der Waals surface area contributed by atoms with Gasteiger partial charge in [0.15, 0.2) is 0 Å². The van der Waals surface area contributed by atoms with Gasteiger partial charge in [0.1, 0.15) is 10.0 Å². The average molecular weight is 345 g/mol. The molecule has 0 bridgehead atoms. The Morgan fingerprint density at radius 1 is 1.33 bits per heavy atom. The van der Waals surface area contributed by atoms with Crippen molar-refractivity contribution in [3.8, 4) is 11.8 Å². The van der Waals surface area contributed by atoms with Gasteiger partial charge in [0, 0.05) is 5.56 Å². The second-order valence-electron chi connectivity index (χ2n) is 3.86. The number of nitrogens with two attached hydrogens (primary N) is 1. The van der Waals surface area contributed by atoms with Gasteiger partial charge in [-0.05, 0) is 30.3 Å². The SMILES string of the molecule is NCC#Cc1ccc(NS(=O)(=O)c2ccc(Cl)s2)c(F)c1.